The lowest BCUT2D eigenvalue weighted by Gasteiger charge is -2.07. The molecule has 0 saturated carbocycles. The number of primary sulfonamides is 1. The van der Waals surface area contributed by atoms with Crippen LogP contribution in [0, 0.1) is 12.7 Å². The second kappa shape index (κ2) is 4.94. The molecular formula is C12H11FN2O3S. The molecule has 7 heteroatoms. The highest BCUT2D eigenvalue weighted by molar-refractivity contribution is 7.89. The van der Waals surface area contributed by atoms with Gasteiger partial charge in [0.05, 0.1) is 6.20 Å². The van der Waals surface area contributed by atoms with Crippen LogP contribution in [0.1, 0.15) is 5.56 Å². The number of hydrogen-bond acceptors (Lipinski definition) is 4. The highest BCUT2D eigenvalue weighted by Gasteiger charge is 2.10. The number of pyridine rings is 1. The van der Waals surface area contributed by atoms with Crippen LogP contribution in [0.25, 0.3) is 0 Å². The Hall–Kier alpha value is -1.99. The number of nitrogens with two attached hydrogens (primary N) is 1. The molecule has 2 N–H and O–H groups in total. The first-order chi connectivity index (χ1) is 8.88. The highest BCUT2D eigenvalue weighted by atomic mass is 32.2. The summed E-state index contributed by atoms with van der Waals surface area (Å²) in [5.74, 6) is -0.382. The molecule has 0 aliphatic rings. The molecule has 2 rings (SSSR count). The van der Waals surface area contributed by atoms with Crippen LogP contribution in [0.4, 0.5) is 4.39 Å². The molecule has 0 spiro atoms. The van der Waals surface area contributed by atoms with Gasteiger partial charge in [0.15, 0.2) is 11.6 Å². The average Bonchev–Trinajstić information content (AvgIpc) is 2.35. The summed E-state index contributed by atoms with van der Waals surface area (Å²) in [5.41, 5.74) is 0.443. The zero-order valence-electron chi connectivity index (χ0n) is 10.00. The van der Waals surface area contributed by atoms with Crippen molar-refractivity contribution in [2.24, 2.45) is 5.14 Å². The molecule has 5 nitrogen and oxygen atoms in total. The normalized spacial score (nSPS) is 11.3. The summed E-state index contributed by atoms with van der Waals surface area (Å²) in [5, 5.41) is 4.93. The van der Waals surface area contributed by atoms with Crippen molar-refractivity contribution in [1.82, 2.24) is 4.98 Å². The van der Waals surface area contributed by atoms with E-state index < -0.39 is 15.8 Å². The summed E-state index contributed by atoms with van der Waals surface area (Å²) in [6.45, 7) is 1.61. The molecular weight excluding hydrogens is 271 g/mol. The summed E-state index contributed by atoms with van der Waals surface area (Å²) in [4.78, 5) is 3.63. The Balaban J connectivity index is 2.27. The van der Waals surface area contributed by atoms with Crippen molar-refractivity contribution in [2.45, 2.75) is 11.8 Å². The lowest BCUT2D eigenvalue weighted by Crippen LogP contribution is -2.12. The van der Waals surface area contributed by atoms with Crippen LogP contribution in [-0.2, 0) is 10.0 Å². The van der Waals surface area contributed by atoms with E-state index in [9.17, 15) is 12.8 Å². The minimum Gasteiger partial charge on any atom is -0.436 e. The minimum absolute atomic E-state index is 0.0239. The van der Waals surface area contributed by atoms with E-state index in [0.717, 1.165) is 6.20 Å². The number of rotatable bonds is 3. The number of ether oxygens (including phenoxy) is 1. The van der Waals surface area contributed by atoms with Gasteiger partial charge in [-0.25, -0.2) is 22.9 Å². The van der Waals surface area contributed by atoms with Crippen LogP contribution in [0.15, 0.2) is 41.4 Å². The van der Waals surface area contributed by atoms with Crippen LogP contribution < -0.4 is 9.88 Å². The van der Waals surface area contributed by atoms with Gasteiger partial charge >= 0.3 is 0 Å². The zero-order chi connectivity index (χ0) is 14.0. The van der Waals surface area contributed by atoms with Crippen molar-refractivity contribution in [3.8, 4) is 11.6 Å². The Kier molecular flexibility index (Phi) is 3.50. The van der Waals surface area contributed by atoms with E-state index >= 15 is 0 Å². The Bertz CT molecular complexity index is 699. The lowest BCUT2D eigenvalue weighted by molar-refractivity contribution is 0.425. The Morgan fingerprint density at radius 3 is 2.58 bits per heavy atom. The molecule has 1 aromatic carbocycles. The van der Waals surface area contributed by atoms with Gasteiger partial charge in [-0.1, -0.05) is 12.1 Å². The van der Waals surface area contributed by atoms with Crippen LogP contribution in [-0.4, -0.2) is 13.4 Å². The molecule has 2 aromatic rings. The number of sulfonamides is 1. The van der Waals surface area contributed by atoms with Gasteiger partial charge in [-0.05, 0) is 24.6 Å². The van der Waals surface area contributed by atoms with Crippen LogP contribution >= 0.6 is 0 Å². The van der Waals surface area contributed by atoms with Crippen LogP contribution in [0.2, 0.25) is 0 Å². The Labute approximate surface area is 109 Å². The zero-order valence-corrected chi connectivity index (χ0v) is 10.8. The summed E-state index contributed by atoms with van der Waals surface area (Å²) in [6, 6.07) is 7.26. The predicted octanol–water partition coefficient (Wildman–Crippen LogP) is 1.97. The van der Waals surface area contributed by atoms with Gasteiger partial charge in [-0.3, -0.25) is 0 Å². The number of aryl methyl sites for hydroxylation is 1. The first-order valence-electron chi connectivity index (χ1n) is 5.30. The molecule has 0 unspecified atom stereocenters. The van der Waals surface area contributed by atoms with Gasteiger partial charge in [0, 0.05) is 6.07 Å². The minimum atomic E-state index is -3.80. The summed E-state index contributed by atoms with van der Waals surface area (Å²) < 4.78 is 41.0. The first kappa shape index (κ1) is 13.4. The third-order valence-electron chi connectivity index (χ3n) is 2.41. The SMILES string of the molecule is Cc1cccc(Oc2ccc(S(N)(=O)=O)cn2)c1F. The number of aromatic nitrogens is 1. The summed E-state index contributed by atoms with van der Waals surface area (Å²) >= 11 is 0. The molecule has 0 saturated heterocycles. The first-order valence-corrected chi connectivity index (χ1v) is 6.84. The van der Waals surface area contributed by atoms with E-state index in [1.807, 2.05) is 0 Å². The van der Waals surface area contributed by atoms with Gasteiger partial charge in [0.1, 0.15) is 4.90 Å². The summed E-state index contributed by atoms with van der Waals surface area (Å²) in [7, 11) is -3.80. The third kappa shape index (κ3) is 3.07. The van der Waals surface area contributed by atoms with Gasteiger partial charge in [0.25, 0.3) is 0 Å². The maximum atomic E-state index is 13.7. The molecule has 0 radical (unpaired) electrons. The number of nitrogens with zero attached hydrogens (tertiary/aromatic N) is 1. The van der Waals surface area contributed by atoms with E-state index in [1.165, 1.54) is 18.2 Å². The number of hydrogen-bond donors (Lipinski definition) is 1. The third-order valence-corrected chi connectivity index (χ3v) is 3.31. The molecule has 1 heterocycles. The van der Waals surface area contributed by atoms with Crippen molar-refractivity contribution in [3.63, 3.8) is 0 Å². The van der Waals surface area contributed by atoms with E-state index in [1.54, 1.807) is 19.1 Å². The van der Waals surface area contributed by atoms with Gasteiger partial charge in [-0.15, -0.1) is 0 Å². The van der Waals surface area contributed by atoms with Crippen molar-refractivity contribution in [2.75, 3.05) is 0 Å². The predicted molar refractivity (Wildman–Crippen MR) is 66.8 cm³/mol. The van der Waals surface area contributed by atoms with E-state index in [-0.39, 0.29) is 16.5 Å². The molecule has 0 atom stereocenters. The molecule has 0 bridgehead atoms. The second-order valence-electron chi connectivity index (χ2n) is 3.87. The number of benzene rings is 1. The van der Waals surface area contributed by atoms with Crippen molar-refractivity contribution in [3.05, 3.63) is 47.9 Å². The Morgan fingerprint density at radius 1 is 1.26 bits per heavy atom. The largest absolute Gasteiger partial charge is 0.436 e. The molecule has 0 aliphatic heterocycles. The van der Waals surface area contributed by atoms with Gasteiger partial charge in [-0.2, -0.15) is 0 Å². The second-order valence-corrected chi connectivity index (χ2v) is 5.43. The van der Waals surface area contributed by atoms with E-state index in [0.29, 0.717) is 5.56 Å². The molecule has 0 amide bonds. The number of halogens is 1. The van der Waals surface area contributed by atoms with E-state index in [4.69, 9.17) is 9.88 Å². The quantitative estimate of drug-likeness (QED) is 0.933. The average molecular weight is 282 g/mol. The molecule has 100 valence electrons. The monoisotopic (exact) mass is 282 g/mol. The molecule has 19 heavy (non-hydrogen) atoms. The van der Waals surface area contributed by atoms with E-state index in [2.05, 4.69) is 4.98 Å². The van der Waals surface area contributed by atoms with Crippen molar-refractivity contribution < 1.29 is 17.5 Å². The fourth-order valence-electron chi connectivity index (χ4n) is 1.41. The smallest absolute Gasteiger partial charge is 0.239 e. The maximum Gasteiger partial charge on any atom is 0.239 e. The van der Waals surface area contributed by atoms with Crippen LogP contribution in [0.5, 0.6) is 11.6 Å². The van der Waals surface area contributed by atoms with Gasteiger partial charge in [0.2, 0.25) is 15.9 Å². The van der Waals surface area contributed by atoms with Crippen molar-refractivity contribution in [1.29, 1.82) is 0 Å². The van der Waals surface area contributed by atoms with Gasteiger partial charge < -0.3 is 4.74 Å². The van der Waals surface area contributed by atoms with Crippen LogP contribution in [0.3, 0.4) is 0 Å². The molecule has 0 fully saturated rings. The lowest BCUT2D eigenvalue weighted by atomic mass is 10.2. The maximum absolute atomic E-state index is 13.7. The summed E-state index contributed by atoms with van der Waals surface area (Å²) in [6.07, 6.45) is 1.05. The standard InChI is InChI=1S/C12H11FN2O3S/c1-8-3-2-4-10(12(8)13)18-11-6-5-9(7-15-11)19(14,16)17/h2-7H,1H3,(H2,14,16,17). The topological polar surface area (TPSA) is 82.3 Å². The fraction of sp³-hybridized carbons (Fsp3) is 0.0833. The van der Waals surface area contributed by atoms with Crippen molar-refractivity contribution >= 4 is 10.0 Å². The fourth-order valence-corrected chi connectivity index (χ4v) is 1.86. The molecule has 0 aliphatic carbocycles. The molecule has 1 aromatic heterocycles. The highest BCUT2D eigenvalue weighted by Crippen LogP contribution is 2.25. The Morgan fingerprint density at radius 2 is 2.00 bits per heavy atom.